The Morgan fingerprint density at radius 1 is 1.28 bits per heavy atom. The average Bonchev–Trinajstić information content (AvgIpc) is 2.90. The molecule has 0 saturated carbocycles. The lowest BCUT2D eigenvalue weighted by Crippen LogP contribution is -2.03. The van der Waals surface area contributed by atoms with Crippen molar-refractivity contribution < 1.29 is 9.47 Å². The minimum Gasteiger partial charge on any atom is -0.493 e. The number of anilines is 1. The second-order valence-corrected chi connectivity index (χ2v) is 4.53. The Labute approximate surface area is 111 Å². The number of hydrogen-bond donors (Lipinski definition) is 1. The maximum Gasteiger partial charge on any atom is 0.165 e. The van der Waals surface area contributed by atoms with Crippen LogP contribution in [0, 0.1) is 0 Å². The molecule has 0 fully saturated rings. The van der Waals surface area contributed by atoms with E-state index >= 15 is 0 Å². The van der Waals surface area contributed by atoms with Gasteiger partial charge in [-0.15, -0.1) is 0 Å². The predicted octanol–water partition coefficient (Wildman–Crippen LogP) is 3.77. The van der Waals surface area contributed by atoms with Gasteiger partial charge in [-0.3, -0.25) is 0 Å². The quantitative estimate of drug-likeness (QED) is 0.860. The molecule has 3 nitrogen and oxygen atoms in total. The first-order valence-electron chi connectivity index (χ1n) is 5.90. The molecule has 1 aromatic carbocycles. The lowest BCUT2D eigenvalue weighted by Gasteiger charge is -2.14. The van der Waals surface area contributed by atoms with Gasteiger partial charge in [-0.05, 0) is 24.4 Å². The highest BCUT2D eigenvalue weighted by Gasteiger charge is 2.09. The van der Waals surface area contributed by atoms with E-state index < -0.39 is 0 Å². The number of para-hydroxylation sites is 1. The molecule has 0 saturated heterocycles. The number of methoxy groups -OCH3 is 1. The minimum absolute atomic E-state index is 0.637. The van der Waals surface area contributed by atoms with E-state index in [9.17, 15) is 0 Å². The second-order valence-electron chi connectivity index (χ2n) is 3.75. The summed E-state index contributed by atoms with van der Waals surface area (Å²) < 4.78 is 11.0. The molecular weight excluding hydrogens is 246 g/mol. The van der Waals surface area contributed by atoms with E-state index in [0.717, 1.165) is 29.3 Å². The normalized spacial score (nSPS) is 10.1. The van der Waals surface area contributed by atoms with Crippen molar-refractivity contribution in [2.45, 2.75) is 13.5 Å². The Morgan fingerprint density at radius 3 is 2.83 bits per heavy atom. The van der Waals surface area contributed by atoms with Gasteiger partial charge in [-0.1, -0.05) is 12.1 Å². The topological polar surface area (TPSA) is 30.5 Å². The third kappa shape index (κ3) is 2.96. The molecule has 0 atom stereocenters. The zero-order chi connectivity index (χ0) is 12.8. The Morgan fingerprint density at radius 2 is 2.17 bits per heavy atom. The lowest BCUT2D eigenvalue weighted by molar-refractivity contribution is 0.309. The number of hydrogen-bond acceptors (Lipinski definition) is 4. The van der Waals surface area contributed by atoms with Crippen LogP contribution < -0.4 is 14.8 Å². The number of nitrogens with one attached hydrogen (secondary N) is 1. The highest BCUT2D eigenvalue weighted by Crippen LogP contribution is 2.31. The third-order valence-corrected chi connectivity index (χ3v) is 3.25. The Kier molecular flexibility index (Phi) is 4.47. The molecule has 1 N–H and O–H groups in total. The van der Waals surface area contributed by atoms with Crippen molar-refractivity contribution in [3.05, 3.63) is 40.6 Å². The van der Waals surface area contributed by atoms with Gasteiger partial charge < -0.3 is 14.8 Å². The highest BCUT2D eigenvalue weighted by atomic mass is 32.1. The summed E-state index contributed by atoms with van der Waals surface area (Å²) in [5.41, 5.74) is 2.22. The Hall–Kier alpha value is -1.68. The van der Waals surface area contributed by atoms with Crippen molar-refractivity contribution in [1.82, 2.24) is 0 Å². The van der Waals surface area contributed by atoms with E-state index in [1.165, 1.54) is 0 Å². The molecule has 0 unspecified atom stereocenters. The average molecular weight is 263 g/mol. The first-order valence-corrected chi connectivity index (χ1v) is 6.84. The zero-order valence-electron chi connectivity index (χ0n) is 10.6. The molecule has 0 amide bonds. The fourth-order valence-corrected chi connectivity index (χ4v) is 2.38. The van der Waals surface area contributed by atoms with Gasteiger partial charge in [0.25, 0.3) is 0 Å². The third-order valence-electron chi connectivity index (χ3n) is 2.57. The van der Waals surface area contributed by atoms with E-state index in [1.807, 2.05) is 25.1 Å². The molecule has 0 aliphatic rings. The van der Waals surface area contributed by atoms with Crippen LogP contribution in [0.15, 0.2) is 35.0 Å². The van der Waals surface area contributed by atoms with Crippen molar-refractivity contribution in [3.63, 3.8) is 0 Å². The summed E-state index contributed by atoms with van der Waals surface area (Å²) in [5.74, 6) is 1.60. The van der Waals surface area contributed by atoms with Crippen LogP contribution in [0.5, 0.6) is 11.5 Å². The fraction of sp³-hybridized carbons (Fsp3) is 0.286. The molecule has 96 valence electrons. The summed E-state index contributed by atoms with van der Waals surface area (Å²) >= 11 is 1.68. The monoisotopic (exact) mass is 263 g/mol. The molecule has 0 aliphatic carbocycles. The molecule has 0 radical (unpaired) electrons. The van der Waals surface area contributed by atoms with Crippen molar-refractivity contribution in [2.24, 2.45) is 0 Å². The van der Waals surface area contributed by atoms with Gasteiger partial charge in [-0.25, -0.2) is 0 Å². The summed E-state index contributed by atoms with van der Waals surface area (Å²) in [4.78, 5) is 0. The number of benzene rings is 1. The number of ether oxygens (including phenoxy) is 2. The predicted molar refractivity (Wildman–Crippen MR) is 75.8 cm³/mol. The summed E-state index contributed by atoms with van der Waals surface area (Å²) in [6.07, 6.45) is 0. The summed E-state index contributed by atoms with van der Waals surface area (Å²) in [6.45, 7) is 3.33. The van der Waals surface area contributed by atoms with Crippen LogP contribution in [0.3, 0.4) is 0 Å². The zero-order valence-corrected chi connectivity index (χ0v) is 11.4. The van der Waals surface area contributed by atoms with Crippen LogP contribution in [-0.2, 0) is 6.54 Å². The molecule has 4 heteroatoms. The van der Waals surface area contributed by atoms with Gasteiger partial charge in [0.2, 0.25) is 0 Å². The van der Waals surface area contributed by atoms with E-state index in [4.69, 9.17) is 9.47 Å². The number of rotatable bonds is 6. The van der Waals surface area contributed by atoms with Gasteiger partial charge in [-0.2, -0.15) is 11.3 Å². The largest absolute Gasteiger partial charge is 0.493 e. The lowest BCUT2D eigenvalue weighted by atomic mass is 10.2. The van der Waals surface area contributed by atoms with Crippen molar-refractivity contribution in [1.29, 1.82) is 0 Å². The number of thiophene rings is 1. The molecular formula is C14H17NO2S. The summed E-state index contributed by atoms with van der Waals surface area (Å²) in [5, 5.41) is 7.49. The Balaban J connectivity index is 2.13. The molecule has 18 heavy (non-hydrogen) atoms. The summed E-state index contributed by atoms with van der Waals surface area (Å²) in [7, 11) is 1.67. The molecule has 1 heterocycles. The molecule has 2 rings (SSSR count). The van der Waals surface area contributed by atoms with E-state index in [0.29, 0.717) is 6.61 Å². The van der Waals surface area contributed by atoms with Crippen LogP contribution in [0.2, 0.25) is 0 Å². The van der Waals surface area contributed by atoms with Crippen LogP contribution in [0.1, 0.15) is 12.5 Å². The first kappa shape index (κ1) is 12.8. The van der Waals surface area contributed by atoms with Gasteiger partial charge >= 0.3 is 0 Å². The van der Waals surface area contributed by atoms with Gasteiger partial charge in [0.15, 0.2) is 11.5 Å². The fourth-order valence-electron chi connectivity index (χ4n) is 1.76. The standard InChI is InChI=1S/C14H17NO2S/c1-3-17-13-6-4-5-11(14(13)16-2)9-15-12-7-8-18-10-12/h4-8,10,15H,3,9H2,1-2H3. The van der Waals surface area contributed by atoms with E-state index in [-0.39, 0.29) is 0 Å². The van der Waals surface area contributed by atoms with Gasteiger partial charge in [0.1, 0.15) is 0 Å². The van der Waals surface area contributed by atoms with Crippen molar-refractivity contribution >= 4 is 17.0 Å². The molecule has 0 bridgehead atoms. The minimum atomic E-state index is 0.637. The van der Waals surface area contributed by atoms with Crippen LogP contribution in [0.4, 0.5) is 5.69 Å². The first-order chi connectivity index (χ1) is 8.85. The summed E-state index contributed by atoms with van der Waals surface area (Å²) in [6, 6.07) is 8.01. The maximum absolute atomic E-state index is 5.55. The van der Waals surface area contributed by atoms with Crippen LogP contribution in [-0.4, -0.2) is 13.7 Å². The second kappa shape index (κ2) is 6.31. The van der Waals surface area contributed by atoms with Gasteiger partial charge in [0, 0.05) is 23.2 Å². The van der Waals surface area contributed by atoms with E-state index in [1.54, 1.807) is 18.4 Å². The van der Waals surface area contributed by atoms with Crippen molar-refractivity contribution in [2.75, 3.05) is 19.0 Å². The van der Waals surface area contributed by atoms with Crippen molar-refractivity contribution in [3.8, 4) is 11.5 Å². The molecule has 0 aliphatic heterocycles. The van der Waals surface area contributed by atoms with Crippen LogP contribution >= 0.6 is 11.3 Å². The Bertz CT molecular complexity index is 483. The van der Waals surface area contributed by atoms with Crippen LogP contribution in [0.25, 0.3) is 0 Å². The molecule has 0 spiro atoms. The van der Waals surface area contributed by atoms with E-state index in [2.05, 4.69) is 22.1 Å². The molecule has 2 aromatic rings. The molecule has 1 aromatic heterocycles. The maximum atomic E-state index is 5.55. The van der Waals surface area contributed by atoms with Gasteiger partial charge in [0.05, 0.1) is 13.7 Å². The SMILES string of the molecule is CCOc1cccc(CNc2ccsc2)c1OC. The smallest absolute Gasteiger partial charge is 0.165 e. The highest BCUT2D eigenvalue weighted by molar-refractivity contribution is 7.08.